The molecule has 1 aromatic heterocycles. The van der Waals surface area contributed by atoms with Gasteiger partial charge in [-0.05, 0) is 34.5 Å². The number of hydrogen-bond donors (Lipinski definition) is 1. The number of rotatable bonds is 1. The summed E-state index contributed by atoms with van der Waals surface area (Å²) in [6, 6.07) is 0. The van der Waals surface area contributed by atoms with Crippen molar-refractivity contribution in [2.75, 3.05) is 0 Å². The maximum absolute atomic E-state index is 12.9. The van der Waals surface area contributed by atoms with E-state index < -0.39 is 11.5 Å². The molecule has 0 saturated heterocycles. The van der Waals surface area contributed by atoms with Gasteiger partial charge in [-0.2, -0.15) is 0 Å². The Morgan fingerprint density at radius 1 is 1.40 bits per heavy atom. The van der Waals surface area contributed by atoms with E-state index in [2.05, 4.69) is 20.9 Å². The van der Waals surface area contributed by atoms with Gasteiger partial charge < -0.3 is 5.11 Å². The summed E-state index contributed by atoms with van der Waals surface area (Å²) in [4.78, 5) is 4.51. The third kappa shape index (κ3) is 2.11. The predicted molar refractivity (Wildman–Crippen MR) is 57.0 cm³/mol. The first-order chi connectivity index (χ1) is 6.93. The van der Waals surface area contributed by atoms with Crippen molar-refractivity contribution in [2.24, 2.45) is 0 Å². The molecule has 1 heterocycles. The van der Waals surface area contributed by atoms with Crippen molar-refractivity contribution in [3.8, 4) is 0 Å². The molecule has 0 aromatic carbocycles. The molecule has 2 rings (SSSR count). The number of thiazole rings is 1. The molecule has 0 amide bonds. The Bertz CT molecular complexity index is 407. The summed E-state index contributed by atoms with van der Waals surface area (Å²) < 4.78 is 26.3. The highest BCUT2D eigenvalue weighted by Crippen LogP contribution is 2.42. The molecule has 0 spiro atoms. The fourth-order valence-corrected chi connectivity index (χ4v) is 3.14. The van der Waals surface area contributed by atoms with Gasteiger partial charge >= 0.3 is 0 Å². The first kappa shape index (κ1) is 11.2. The maximum atomic E-state index is 12.9. The summed E-state index contributed by atoms with van der Waals surface area (Å²) in [5.41, 5.74) is 0.264. The van der Waals surface area contributed by atoms with E-state index in [0.717, 1.165) is 12.2 Å². The summed E-state index contributed by atoms with van der Waals surface area (Å²) >= 11 is 4.43. The number of halogens is 3. The van der Waals surface area contributed by atoms with E-state index in [1.54, 1.807) is 5.51 Å². The molecular weight excluding hydrogens is 288 g/mol. The number of hydrogen-bond acceptors (Lipinski definition) is 3. The van der Waals surface area contributed by atoms with Gasteiger partial charge in [-0.3, -0.25) is 0 Å². The monoisotopic (exact) mass is 295 g/mol. The fraction of sp³-hybridized carbons (Fsp3) is 0.444. The summed E-state index contributed by atoms with van der Waals surface area (Å²) in [5.74, 6) is -2.80. The number of nitrogens with zero attached hydrogens (tertiary/aromatic N) is 1. The second-order valence-corrected chi connectivity index (χ2v) is 5.10. The van der Waals surface area contributed by atoms with Gasteiger partial charge in [-0.15, -0.1) is 11.3 Å². The van der Waals surface area contributed by atoms with Crippen molar-refractivity contribution >= 4 is 27.3 Å². The van der Waals surface area contributed by atoms with Crippen LogP contribution in [0.4, 0.5) is 8.78 Å². The standard InChI is InChI=1S/C9H8BrF2NOS/c10-7-6(15-5-13-7)8(14)1-3-9(11,12)4-2-8/h1,3,5,14H,2,4H2. The molecule has 0 bridgehead atoms. The zero-order valence-corrected chi connectivity index (χ0v) is 9.99. The van der Waals surface area contributed by atoms with E-state index in [4.69, 9.17) is 0 Å². The van der Waals surface area contributed by atoms with Crippen LogP contribution in [0.2, 0.25) is 0 Å². The van der Waals surface area contributed by atoms with Crippen molar-refractivity contribution in [1.29, 1.82) is 0 Å². The third-order valence-corrected chi connectivity index (χ3v) is 4.22. The van der Waals surface area contributed by atoms with Crippen LogP contribution in [0.1, 0.15) is 17.7 Å². The van der Waals surface area contributed by atoms with E-state index in [9.17, 15) is 13.9 Å². The van der Waals surface area contributed by atoms with Crippen LogP contribution in [0.3, 0.4) is 0 Å². The van der Waals surface area contributed by atoms with Crippen molar-refractivity contribution in [2.45, 2.75) is 24.4 Å². The number of aromatic nitrogens is 1. The molecule has 1 N–H and O–H groups in total. The Morgan fingerprint density at radius 2 is 2.13 bits per heavy atom. The Labute approximate surface area is 97.8 Å². The summed E-state index contributed by atoms with van der Waals surface area (Å²) in [7, 11) is 0. The topological polar surface area (TPSA) is 33.1 Å². The van der Waals surface area contributed by atoms with E-state index in [0.29, 0.717) is 9.48 Å². The van der Waals surface area contributed by atoms with Crippen LogP contribution < -0.4 is 0 Å². The van der Waals surface area contributed by atoms with Crippen LogP contribution in [-0.2, 0) is 5.60 Å². The molecule has 1 unspecified atom stereocenters. The average molecular weight is 296 g/mol. The molecular formula is C9H8BrF2NOS. The Kier molecular flexibility index (Phi) is 2.68. The molecule has 0 radical (unpaired) electrons. The number of allylic oxidation sites excluding steroid dienone is 1. The predicted octanol–water partition coefficient (Wildman–Crippen LogP) is 3.08. The van der Waals surface area contributed by atoms with Crippen LogP contribution in [0, 0.1) is 0 Å². The highest BCUT2D eigenvalue weighted by Gasteiger charge is 2.40. The minimum absolute atomic E-state index is 0.0112. The van der Waals surface area contributed by atoms with E-state index in [1.807, 2.05) is 0 Å². The summed E-state index contributed by atoms with van der Waals surface area (Å²) in [6.45, 7) is 0. The first-order valence-electron chi connectivity index (χ1n) is 4.33. The van der Waals surface area contributed by atoms with Gasteiger partial charge in [0, 0.05) is 6.42 Å². The van der Waals surface area contributed by atoms with Gasteiger partial charge in [-0.1, -0.05) is 0 Å². The average Bonchev–Trinajstić information content (AvgIpc) is 2.58. The van der Waals surface area contributed by atoms with E-state index >= 15 is 0 Å². The lowest BCUT2D eigenvalue weighted by atomic mass is 9.88. The highest BCUT2D eigenvalue weighted by molar-refractivity contribution is 9.10. The van der Waals surface area contributed by atoms with Crippen LogP contribution in [0.25, 0.3) is 0 Å². The molecule has 1 aliphatic rings. The van der Waals surface area contributed by atoms with Gasteiger partial charge in [0.2, 0.25) is 0 Å². The molecule has 1 atom stereocenters. The molecule has 1 aromatic rings. The highest BCUT2D eigenvalue weighted by atomic mass is 79.9. The SMILES string of the molecule is OC1(c2scnc2Br)C=CC(F)(F)CC1. The molecule has 82 valence electrons. The third-order valence-electron chi connectivity index (χ3n) is 2.36. The Hall–Kier alpha value is -0.330. The van der Waals surface area contributed by atoms with E-state index in [-0.39, 0.29) is 12.8 Å². The Balaban J connectivity index is 2.35. The van der Waals surface area contributed by atoms with Gasteiger partial charge in [-0.25, -0.2) is 13.8 Å². The lowest BCUT2D eigenvalue weighted by Gasteiger charge is -2.29. The summed E-state index contributed by atoms with van der Waals surface area (Å²) in [6.07, 6.45) is 1.60. The molecule has 0 saturated carbocycles. The minimum atomic E-state index is -2.80. The molecule has 0 aliphatic heterocycles. The lowest BCUT2D eigenvalue weighted by molar-refractivity contribution is -0.0126. The molecule has 6 heteroatoms. The summed E-state index contributed by atoms with van der Waals surface area (Å²) in [5, 5.41) is 10.2. The second kappa shape index (κ2) is 3.61. The second-order valence-electron chi connectivity index (χ2n) is 3.49. The van der Waals surface area contributed by atoms with Crippen molar-refractivity contribution < 1.29 is 13.9 Å². The normalized spacial score (nSPS) is 29.3. The fourth-order valence-electron chi connectivity index (χ4n) is 1.49. The van der Waals surface area contributed by atoms with Crippen molar-refractivity contribution in [1.82, 2.24) is 4.98 Å². The largest absolute Gasteiger partial charge is 0.380 e. The smallest absolute Gasteiger partial charge is 0.266 e. The van der Waals surface area contributed by atoms with E-state index in [1.165, 1.54) is 11.3 Å². The maximum Gasteiger partial charge on any atom is 0.266 e. The lowest BCUT2D eigenvalue weighted by Crippen LogP contribution is -2.31. The van der Waals surface area contributed by atoms with Crippen molar-refractivity contribution in [3.63, 3.8) is 0 Å². The van der Waals surface area contributed by atoms with Crippen LogP contribution in [0.5, 0.6) is 0 Å². The van der Waals surface area contributed by atoms with Crippen LogP contribution in [-0.4, -0.2) is 16.0 Å². The minimum Gasteiger partial charge on any atom is -0.380 e. The Morgan fingerprint density at radius 3 is 2.60 bits per heavy atom. The van der Waals surface area contributed by atoms with Gasteiger partial charge in [0.1, 0.15) is 10.2 Å². The molecule has 2 nitrogen and oxygen atoms in total. The number of alkyl halides is 2. The zero-order chi connectivity index (χ0) is 11.1. The number of aliphatic hydroxyl groups is 1. The van der Waals surface area contributed by atoms with Crippen molar-refractivity contribution in [3.05, 3.63) is 27.1 Å². The first-order valence-corrected chi connectivity index (χ1v) is 6.00. The zero-order valence-electron chi connectivity index (χ0n) is 7.58. The van der Waals surface area contributed by atoms with Crippen LogP contribution in [0.15, 0.2) is 22.3 Å². The molecule has 1 aliphatic carbocycles. The molecule has 15 heavy (non-hydrogen) atoms. The quantitative estimate of drug-likeness (QED) is 0.808. The molecule has 0 fully saturated rings. The van der Waals surface area contributed by atoms with Gasteiger partial charge in [0.25, 0.3) is 5.92 Å². The van der Waals surface area contributed by atoms with Crippen LogP contribution >= 0.6 is 27.3 Å². The van der Waals surface area contributed by atoms with Gasteiger partial charge in [0.05, 0.1) is 10.4 Å². The van der Waals surface area contributed by atoms with Gasteiger partial charge in [0.15, 0.2) is 0 Å².